The van der Waals surface area contributed by atoms with Gasteiger partial charge in [0.2, 0.25) is 5.91 Å². The van der Waals surface area contributed by atoms with Gasteiger partial charge in [0.05, 0.1) is 29.1 Å². The van der Waals surface area contributed by atoms with E-state index in [0.717, 1.165) is 22.5 Å². The van der Waals surface area contributed by atoms with E-state index in [1.54, 1.807) is 22.4 Å². The molecule has 7 heteroatoms. The molecule has 0 spiro atoms. The fourth-order valence-corrected chi connectivity index (χ4v) is 3.10. The van der Waals surface area contributed by atoms with E-state index in [1.165, 1.54) is 12.3 Å². The van der Waals surface area contributed by atoms with Gasteiger partial charge in [-0.1, -0.05) is 43.7 Å². The molecule has 7 nitrogen and oxygen atoms in total. The highest BCUT2D eigenvalue weighted by molar-refractivity contribution is 5.76. The van der Waals surface area contributed by atoms with Crippen LogP contribution in [0.4, 0.5) is 5.69 Å². The third-order valence-corrected chi connectivity index (χ3v) is 4.63. The van der Waals surface area contributed by atoms with E-state index in [9.17, 15) is 14.9 Å². The van der Waals surface area contributed by atoms with Gasteiger partial charge in [-0.05, 0) is 18.9 Å². The number of carbonyl (C=O) groups is 1. The molecule has 0 atom stereocenters. The molecule has 0 unspecified atom stereocenters. The Morgan fingerprint density at radius 1 is 1.21 bits per heavy atom. The van der Waals surface area contributed by atoms with E-state index in [4.69, 9.17) is 0 Å². The molecule has 0 bridgehead atoms. The Kier molecular flexibility index (Phi) is 5.44. The highest BCUT2D eigenvalue weighted by Gasteiger charge is 2.20. The van der Waals surface area contributed by atoms with Crippen molar-refractivity contribution >= 4 is 17.2 Å². The van der Waals surface area contributed by atoms with Crippen molar-refractivity contribution in [2.24, 2.45) is 5.92 Å². The lowest BCUT2D eigenvalue weighted by Crippen LogP contribution is -2.28. The zero-order valence-electron chi connectivity index (χ0n) is 16.5. The molecule has 0 fully saturated rings. The SMILES string of the molecule is Cc1ccc(-c2nc3ccc([N+](=O)[O-])cn3c2CN(C)C(=O)CC(C)C)cc1. The molecule has 1 aromatic carbocycles. The number of pyridine rings is 1. The van der Waals surface area contributed by atoms with Crippen LogP contribution in [0.15, 0.2) is 42.6 Å². The van der Waals surface area contributed by atoms with Crippen LogP contribution in [0, 0.1) is 23.0 Å². The standard InChI is InChI=1S/C21H24N4O3/c1-14(2)11-20(26)23(4)13-18-21(16-7-5-15(3)6-8-16)22-19-10-9-17(25(27)28)12-24(18)19/h5-10,12,14H,11,13H2,1-4H3. The van der Waals surface area contributed by atoms with Crippen LogP contribution >= 0.6 is 0 Å². The Bertz CT molecular complexity index is 1020. The normalized spacial score (nSPS) is 11.2. The van der Waals surface area contributed by atoms with Crippen LogP contribution in [0.3, 0.4) is 0 Å². The van der Waals surface area contributed by atoms with Gasteiger partial charge in [0, 0.05) is 25.1 Å². The van der Waals surface area contributed by atoms with Crippen LogP contribution in [0.5, 0.6) is 0 Å². The number of amides is 1. The maximum Gasteiger partial charge on any atom is 0.286 e. The summed E-state index contributed by atoms with van der Waals surface area (Å²) in [5.74, 6) is 0.292. The van der Waals surface area contributed by atoms with Crippen LogP contribution in [0.25, 0.3) is 16.9 Å². The summed E-state index contributed by atoms with van der Waals surface area (Å²) in [4.78, 5) is 29.6. The number of aryl methyl sites for hydroxylation is 1. The van der Waals surface area contributed by atoms with Crippen LogP contribution in [-0.4, -0.2) is 32.2 Å². The van der Waals surface area contributed by atoms with Crippen molar-refractivity contribution in [2.75, 3.05) is 7.05 Å². The molecular weight excluding hydrogens is 356 g/mol. The second kappa shape index (κ2) is 7.80. The lowest BCUT2D eigenvalue weighted by atomic mass is 10.1. The Morgan fingerprint density at radius 3 is 2.50 bits per heavy atom. The smallest absolute Gasteiger partial charge is 0.286 e. The lowest BCUT2D eigenvalue weighted by Gasteiger charge is -2.19. The van der Waals surface area contributed by atoms with Crippen molar-refractivity contribution in [3.8, 4) is 11.3 Å². The van der Waals surface area contributed by atoms with Crippen molar-refractivity contribution in [1.82, 2.24) is 14.3 Å². The van der Waals surface area contributed by atoms with Gasteiger partial charge >= 0.3 is 0 Å². The van der Waals surface area contributed by atoms with Gasteiger partial charge < -0.3 is 4.90 Å². The maximum absolute atomic E-state index is 12.5. The van der Waals surface area contributed by atoms with Crippen molar-refractivity contribution < 1.29 is 9.72 Å². The Hall–Kier alpha value is -3.22. The third-order valence-electron chi connectivity index (χ3n) is 4.63. The summed E-state index contributed by atoms with van der Waals surface area (Å²) in [6, 6.07) is 11.0. The topological polar surface area (TPSA) is 80.8 Å². The molecule has 0 saturated heterocycles. The van der Waals surface area contributed by atoms with Gasteiger partial charge in [0.15, 0.2) is 0 Å². The summed E-state index contributed by atoms with van der Waals surface area (Å²) < 4.78 is 1.71. The van der Waals surface area contributed by atoms with Crippen molar-refractivity contribution in [2.45, 2.75) is 33.7 Å². The number of hydrogen-bond acceptors (Lipinski definition) is 4. The summed E-state index contributed by atoms with van der Waals surface area (Å²) >= 11 is 0. The predicted molar refractivity (Wildman–Crippen MR) is 108 cm³/mol. The van der Waals surface area contributed by atoms with E-state index in [1.807, 2.05) is 45.0 Å². The zero-order chi connectivity index (χ0) is 20.4. The molecule has 0 saturated carbocycles. The average Bonchev–Trinajstić information content (AvgIpc) is 2.99. The van der Waals surface area contributed by atoms with E-state index in [2.05, 4.69) is 4.98 Å². The number of fused-ring (bicyclic) bond motifs is 1. The fourth-order valence-electron chi connectivity index (χ4n) is 3.10. The molecule has 2 heterocycles. The van der Waals surface area contributed by atoms with Crippen LogP contribution in [0.1, 0.15) is 31.5 Å². The second-order valence-corrected chi connectivity index (χ2v) is 7.49. The van der Waals surface area contributed by atoms with E-state index in [-0.39, 0.29) is 17.5 Å². The number of imidazole rings is 1. The predicted octanol–water partition coefficient (Wildman–Crippen LogP) is 4.22. The number of hydrogen-bond donors (Lipinski definition) is 0. The highest BCUT2D eigenvalue weighted by atomic mass is 16.6. The Morgan fingerprint density at radius 2 is 1.89 bits per heavy atom. The van der Waals surface area contributed by atoms with E-state index in [0.29, 0.717) is 18.6 Å². The van der Waals surface area contributed by atoms with Crippen LogP contribution < -0.4 is 0 Å². The maximum atomic E-state index is 12.5. The molecule has 28 heavy (non-hydrogen) atoms. The zero-order valence-corrected chi connectivity index (χ0v) is 16.5. The van der Waals surface area contributed by atoms with Gasteiger partial charge in [-0.3, -0.25) is 19.3 Å². The number of rotatable bonds is 6. The minimum absolute atomic E-state index is 0.0160. The van der Waals surface area contributed by atoms with Gasteiger partial charge in [-0.2, -0.15) is 0 Å². The molecule has 2 aromatic heterocycles. The molecule has 0 radical (unpaired) electrons. The van der Waals surface area contributed by atoms with E-state index >= 15 is 0 Å². The largest absolute Gasteiger partial charge is 0.340 e. The molecule has 0 aliphatic heterocycles. The van der Waals surface area contributed by atoms with Gasteiger partial charge in [-0.15, -0.1) is 0 Å². The monoisotopic (exact) mass is 380 g/mol. The van der Waals surface area contributed by atoms with Gasteiger partial charge in [-0.25, -0.2) is 4.98 Å². The van der Waals surface area contributed by atoms with Gasteiger partial charge in [0.1, 0.15) is 5.65 Å². The minimum atomic E-state index is -0.428. The first-order valence-corrected chi connectivity index (χ1v) is 9.22. The second-order valence-electron chi connectivity index (χ2n) is 7.49. The quantitative estimate of drug-likeness (QED) is 0.474. The molecular formula is C21H24N4O3. The first kappa shape index (κ1) is 19.5. The van der Waals surface area contributed by atoms with Crippen LogP contribution in [0.2, 0.25) is 0 Å². The molecule has 3 aromatic rings. The average molecular weight is 380 g/mol. The van der Waals surface area contributed by atoms with Gasteiger partial charge in [0.25, 0.3) is 5.69 Å². The lowest BCUT2D eigenvalue weighted by molar-refractivity contribution is -0.385. The summed E-state index contributed by atoms with van der Waals surface area (Å²) in [5.41, 5.74) is 4.12. The number of carbonyl (C=O) groups excluding carboxylic acids is 1. The molecule has 0 aliphatic carbocycles. The number of aromatic nitrogens is 2. The highest BCUT2D eigenvalue weighted by Crippen LogP contribution is 2.27. The summed E-state index contributed by atoms with van der Waals surface area (Å²) in [6.45, 7) is 6.33. The van der Waals surface area contributed by atoms with Crippen molar-refractivity contribution in [1.29, 1.82) is 0 Å². The molecule has 3 rings (SSSR count). The molecule has 0 aliphatic rings. The van der Waals surface area contributed by atoms with Crippen molar-refractivity contribution in [3.05, 3.63) is 64.0 Å². The first-order valence-electron chi connectivity index (χ1n) is 9.22. The number of benzene rings is 1. The minimum Gasteiger partial charge on any atom is -0.340 e. The Labute approximate surface area is 163 Å². The van der Waals surface area contributed by atoms with Crippen molar-refractivity contribution in [3.63, 3.8) is 0 Å². The summed E-state index contributed by atoms with van der Waals surface area (Å²) in [6.07, 6.45) is 1.92. The molecule has 146 valence electrons. The fraction of sp³-hybridized carbons (Fsp3) is 0.333. The molecule has 0 N–H and O–H groups in total. The van der Waals surface area contributed by atoms with Crippen LogP contribution in [-0.2, 0) is 11.3 Å². The summed E-state index contributed by atoms with van der Waals surface area (Å²) in [7, 11) is 1.75. The Balaban J connectivity index is 2.11. The number of nitrogens with zero attached hydrogens (tertiary/aromatic N) is 4. The van der Waals surface area contributed by atoms with E-state index < -0.39 is 4.92 Å². The number of nitro groups is 1. The molecule has 1 amide bonds. The summed E-state index contributed by atoms with van der Waals surface area (Å²) in [5, 5.41) is 11.2. The first-order chi connectivity index (χ1) is 13.3. The third kappa shape index (κ3) is 4.03.